The van der Waals surface area contributed by atoms with E-state index in [1.54, 1.807) is 12.0 Å². The van der Waals surface area contributed by atoms with Crippen molar-refractivity contribution in [3.63, 3.8) is 0 Å². The Hall–Kier alpha value is -1.15. The van der Waals surface area contributed by atoms with Crippen molar-refractivity contribution < 1.29 is 4.74 Å². The average molecular weight is 273 g/mol. The zero-order chi connectivity index (χ0) is 13.2. The summed E-state index contributed by atoms with van der Waals surface area (Å²) in [5.74, 6) is 4.59. The summed E-state index contributed by atoms with van der Waals surface area (Å²) in [6.07, 6.45) is 2.78. The first-order chi connectivity index (χ1) is 9.29. The molecule has 2 heteroatoms. The van der Waals surface area contributed by atoms with Crippen molar-refractivity contribution in [3.8, 4) is 5.75 Å². The van der Waals surface area contributed by atoms with Crippen LogP contribution in [0.4, 0.5) is 0 Å². The lowest BCUT2D eigenvalue weighted by atomic mass is 10.1. The van der Waals surface area contributed by atoms with E-state index in [0.29, 0.717) is 10.9 Å². The van der Waals surface area contributed by atoms with E-state index < -0.39 is 0 Å². The lowest BCUT2D eigenvalue weighted by molar-refractivity contribution is 0.419. The molecule has 1 aliphatic rings. The third kappa shape index (κ3) is 2.46. The van der Waals surface area contributed by atoms with Gasteiger partial charge in [-0.05, 0) is 31.0 Å². The number of benzene rings is 2. The standard InChI is InChI=1S/C17H21OS/c1-13-6-5-11-19(12-13)17-10-9-16(18-2)14-7-3-4-8-15(14)17/h3-4,7-10,13H,5-6,11-12H2,1-2H3/q+1. The molecule has 2 unspecified atom stereocenters. The molecule has 0 aliphatic carbocycles. The van der Waals surface area contributed by atoms with Crippen LogP contribution in [0.5, 0.6) is 5.75 Å². The summed E-state index contributed by atoms with van der Waals surface area (Å²) >= 11 is 0. The minimum atomic E-state index is 0.421. The Kier molecular flexibility index (Phi) is 3.69. The van der Waals surface area contributed by atoms with Crippen molar-refractivity contribution in [1.82, 2.24) is 0 Å². The molecule has 1 saturated heterocycles. The average Bonchev–Trinajstić information content (AvgIpc) is 2.46. The predicted octanol–water partition coefficient (Wildman–Crippen LogP) is 4.26. The molecule has 1 fully saturated rings. The molecule has 19 heavy (non-hydrogen) atoms. The highest BCUT2D eigenvalue weighted by Gasteiger charge is 2.30. The molecule has 2 atom stereocenters. The Balaban J connectivity index is 2.09. The lowest BCUT2D eigenvalue weighted by Crippen LogP contribution is -2.24. The van der Waals surface area contributed by atoms with Crippen LogP contribution in [-0.2, 0) is 10.9 Å². The smallest absolute Gasteiger partial charge is 0.162 e. The molecule has 2 aromatic rings. The summed E-state index contributed by atoms with van der Waals surface area (Å²) in [4.78, 5) is 1.54. The highest BCUT2D eigenvalue weighted by atomic mass is 32.2. The van der Waals surface area contributed by atoms with Gasteiger partial charge in [-0.1, -0.05) is 25.1 Å². The second-order valence-corrected chi connectivity index (χ2v) is 7.59. The van der Waals surface area contributed by atoms with Crippen LogP contribution >= 0.6 is 0 Å². The van der Waals surface area contributed by atoms with Gasteiger partial charge in [0, 0.05) is 27.6 Å². The molecule has 3 rings (SSSR count). The minimum absolute atomic E-state index is 0.421. The van der Waals surface area contributed by atoms with E-state index in [9.17, 15) is 0 Å². The van der Waals surface area contributed by atoms with E-state index in [4.69, 9.17) is 4.74 Å². The van der Waals surface area contributed by atoms with Gasteiger partial charge < -0.3 is 4.74 Å². The second-order valence-electron chi connectivity index (χ2n) is 5.42. The number of fused-ring (bicyclic) bond motifs is 1. The molecule has 1 heterocycles. The summed E-state index contributed by atoms with van der Waals surface area (Å²) in [6.45, 7) is 2.39. The van der Waals surface area contributed by atoms with Crippen molar-refractivity contribution in [2.24, 2.45) is 5.92 Å². The first kappa shape index (κ1) is 12.9. The monoisotopic (exact) mass is 273 g/mol. The summed E-state index contributed by atoms with van der Waals surface area (Å²) in [5.41, 5.74) is 0. The van der Waals surface area contributed by atoms with Crippen molar-refractivity contribution in [1.29, 1.82) is 0 Å². The molecule has 0 N–H and O–H groups in total. The van der Waals surface area contributed by atoms with Gasteiger partial charge in [0.15, 0.2) is 4.90 Å². The molecular weight excluding hydrogens is 252 g/mol. The lowest BCUT2D eigenvalue weighted by Gasteiger charge is -2.20. The molecule has 0 saturated carbocycles. The Morgan fingerprint density at radius 1 is 1.11 bits per heavy atom. The van der Waals surface area contributed by atoms with Gasteiger partial charge in [-0.25, -0.2) is 0 Å². The van der Waals surface area contributed by atoms with Gasteiger partial charge >= 0.3 is 0 Å². The van der Waals surface area contributed by atoms with Gasteiger partial charge in [-0.2, -0.15) is 0 Å². The van der Waals surface area contributed by atoms with Gasteiger partial charge in [0.1, 0.15) is 17.3 Å². The van der Waals surface area contributed by atoms with E-state index in [1.165, 1.54) is 35.1 Å². The van der Waals surface area contributed by atoms with E-state index >= 15 is 0 Å². The SMILES string of the molecule is COc1ccc([S+]2CCCC(C)C2)c2ccccc12. The van der Waals surface area contributed by atoms with Crippen LogP contribution in [0, 0.1) is 5.92 Å². The van der Waals surface area contributed by atoms with Gasteiger partial charge in [0.25, 0.3) is 0 Å². The number of rotatable bonds is 2. The molecule has 1 nitrogen and oxygen atoms in total. The maximum absolute atomic E-state index is 5.49. The van der Waals surface area contributed by atoms with Crippen LogP contribution < -0.4 is 4.74 Å². The summed E-state index contributed by atoms with van der Waals surface area (Å²) in [6, 6.07) is 13.1. The maximum Gasteiger partial charge on any atom is 0.162 e. The van der Waals surface area contributed by atoms with E-state index in [-0.39, 0.29) is 0 Å². The molecule has 0 amide bonds. The van der Waals surface area contributed by atoms with Crippen molar-refractivity contribution in [2.45, 2.75) is 24.7 Å². The Labute approximate surface area is 118 Å². The van der Waals surface area contributed by atoms with Crippen LogP contribution in [0.2, 0.25) is 0 Å². The van der Waals surface area contributed by atoms with Crippen LogP contribution in [-0.4, -0.2) is 18.6 Å². The maximum atomic E-state index is 5.49. The van der Waals surface area contributed by atoms with Crippen LogP contribution in [0.1, 0.15) is 19.8 Å². The first-order valence-corrected chi connectivity index (χ1v) is 8.59. The third-order valence-corrected chi connectivity index (χ3v) is 6.68. The fourth-order valence-electron chi connectivity index (χ4n) is 2.99. The van der Waals surface area contributed by atoms with Crippen LogP contribution in [0.25, 0.3) is 10.8 Å². The van der Waals surface area contributed by atoms with Crippen molar-refractivity contribution in [2.75, 3.05) is 18.6 Å². The van der Waals surface area contributed by atoms with E-state index in [0.717, 1.165) is 11.7 Å². The van der Waals surface area contributed by atoms with Crippen molar-refractivity contribution in [3.05, 3.63) is 36.4 Å². The topological polar surface area (TPSA) is 9.23 Å². The zero-order valence-corrected chi connectivity index (χ0v) is 12.5. The van der Waals surface area contributed by atoms with Crippen LogP contribution in [0.3, 0.4) is 0 Å². The molecule has 0 radical (unpaired) electrons. The molecule has 0 spiro atoms. The van der Waals surface area contributed by atoms with Gasteiger partial charge in [-0.3, -0.25) is 0 Å². The predicted molar refractivity (Wildman–Crippen MR) is 84.3 cm³/mol. The normalized spacial score (nSPS) is 23.5. The fraction of sp³-hybridized carbons (Fsp3) is 0.412. The fourth-order valence-corrected chi connectivity index (χ4v) is 5.67. The number of hydrogen-bond donors (Lipinski definition) is 0. The zero-order valence-electron chi connectivity index (χ0n) is 11.7. The first-order valence-electron chi connectivity index (χ1n) is 7.03. The minimum Gasteiger partial charge on any atom is -0.496 e. The molecule has 0 bridgehead atoms. The van der Waals surface area contributed by atoms with E-state index in [1.807, 2.05) is 0 Å². The quantitative estimate of drug-likeness (QED) is 0.743. The second kappa shape index (κ2) is 5.46. The summed E-state index contributed by atoms with van der Waals surface area (Å²) in [7, 11) is 2.18. The number of hydrogen-bond acceptors (Lipinski definition) is 1. The Bertz CT molecular complexity index is 578. The molecular formula is C17H21OS+. The molecule has 0 aromatic heterocycles. The van der Waals surface area contributed by atoms with Gasteiger partial charge in [0.05, 0.1) is 7.11 Å². The molecule has 2 aromatic carbocycles. The highest BCUT2D eigenvalue weighted by molar-refractivity contribution is 7.97. The number of ether oxygens (including phenoxy) is 1. The number of methoxy groups -OCH3 is 1. The van der Waals surface area contributed by atoms with Crippen molar-refractivity contribution >= 4 is 21.7 Å². The van der Waals surface area contributed by atoms with Gasteiger partial charge in [0.2, 0.25) is 0 Å². The summed E-state index contributed by atoms with van der Waals surface area (Å²) < 4.78 is 5.49. The molecule has 1 aliphatic heterocycles. The third-order valence-electron chi connectivity index (χ3n) is 3.95. The largest absolute Gasteiger partial charge is 0.496 e. The Morgan fingerprint density at radius 2 is 1.89 bits per heavy atom. The molecule has 100 valence electrons. The Morgan fingerprint density at radius 3 is 2.63 bits per heavy atom. The van der Waals surface area contributed by atoms with Gasteiger partial charge in [-0.15, -0.1) is 0 Å². The van der Waals surface area contributed by atoms with Crippen LogP contribution in [0.15, 0.2) is 41.3 Å². The van der Waals surface area contributed by atoms with E-state index in [2.05, 4.69) is 43.3 Å². The summed E-state index contributed by atoms with van der Waals surface area (Å²) in [5, 5.41) is 2.65. The highest BCUT2D eigenvalue weighted by Crippen LogP contribution is 2.35.